The Morgan fingerprint density at radius 3 is 2.27 bits per heavy atom. The molecule has 1 aromatic carbocycles. The molecule has 0 N–H and O–H groups in total. The zero-order valence-corrected chi connectivity index (χ0v) is 9.54. The second-order valence-electron chi connectivity index (χ2n) is 3.38. The molecule has 0 aliphatic heterocycles. The minimum absolute atomic E-state index is 0.255. The van der Waals surface area contributed by atoms with Crippen molar-refractivity contribution < 1.29 is 13.2 Å². The fraction of sp³-hybridized carbons (Fsp3) is 0.400. The van der Waals surface area contributed by atoms with E-state index < -0.39 is 11.7 Å². The highest BCUT2D eigenvalue weighted by molar-refractivity contribution is 7.97. The quantitative estimate of drug-likeness (QED) is 0.721. The van der Waals surface area contributed by atoms with E-state index in [0.29, 0.717) is 4.90 Å². The van der Waals surface area contributed by atoms with Crippen LogP contribution in [-0.2, 0) is 6.18 Å². The Bertz CT molecular complexity index is 347. The summed E-state index contributed by atoms with van der Waals surface area (Å²) in [7, 11) is 3.58. The first-order valence-corrected chi connectivity index (χ1v) is 5.11. The van der Waals surface area contributed by atoms with Crippen molar-refractivity contribution in [2.45, 2.75) is 18.0 Å². The van der Waals surface area contributed by atoms with E-state index in [-0.39, 0.29) is 5.56 Å². The number of halogens is 3. The van der Waals surface area contributed by atoms with Crippen LogP contribution in [0.25, 0.3) is 0 Å². The summed E-state index contributed by atoms with van der Waals surface area (Å²) in [6, 6.07) is 4.36. The van der Waals surface area contributed by atoms with Gasteiger partial charge in [-0.25, -0.2) is 0 Å². The maximum Gasteiger partial charge on any atom is 0.416 e. The van der Waals surface area contributed by atoms with Crippen LogP contribution < -0.4 is 0 Å². The largest absolute Gasteiger partial charge is 0.416 e. The van der Waals surface area contributed by atoms with E-state index in [9.17, 15) is 13.2 Å². The average Bonchev–Trinajstić information content (AvgIpc) is 2.05. The lowest BCUT2D eigenvalue weighted by Crippen LogP contribution is -2.08. The molecule has 1 aromatic rings. The van der Waals surface area contributed by atoms with Crippen molar-refractivity contribution in [1.82, 2.24) is 4.31 Å². The summed E-state index contributed by atoms with van der Waals surface area (Å²) in [5, 5.41) is 0. The van der Waals surface area contributed by atoms with Crippen molar-refractivity contribution in [3.8, 4) is 0 Å². The van der Waals surface area contributed by atoms with Gasteiger partial charge in [0.25, 0.3) is 0 Å². The van der Waals surface area contributed by atoms with Crippen LogP contribution in [0, 0.1) is 6.92 Å². The molecular formula is C10H12F3NS. The zero-order valence-electron chi connectivity index (χ0n) is 8.72. The predicted molar refractivity (Wildman–Crippen MR) is 55.7 cm³/mol. The van der Waals surface area contributed by atoms with Gasteiger partial charge in [-0.1, -0.05) is 6.07 Å². The molecule has 0 atom stereocenters. The summed E-state index contributed by atoms with van der Waals surface area (Å²) in [5.74, 6) is 0. The van der Waals surface area contributed by atoms with Gasteiger partial charge in [-0.3, -0.25) is 4.31 Å². The maximum atomic E-state index is 12.5. The Labute approximate surface area is 91.4 Å². The van der Waals surface area contributed by atoms with E-state index >= 15 is 0 Å². The van der Waals surface area contributed by atoms with Crippen LogP contribution >= 0.6 is 11.9 Å². The van der Waals surface area contributed by atoms with Gasteiger partial charge >= 0.3 is 6.18 Å². The summed E-state index contributed by atoms with van der Waals surface area (Å²) in [6.45, 7) is 1.47. The highest BCUT2D eigenvalue weighted by Gasteiger charge is 2.32. The Kier molecular flexibility index (Phi) is 3.67. The third kappa shape index (κ3) is 3.43. The maximum absolute atomic E-state index is 12.5. The summed E-state index contributed by atoms with van der Waals surface area (Å²) < 4.78 is 39.4. The molecule has 0 aliphatic carbocycles. The molecule has 0 radical (unpaired) electrons. The van der Waals surface area contributed by atoms with Gasteiger partial charge in [-0.05, 0) is 50.7 Å². The lowest BCUT2D eigenvalue weighted by Gasteiger charge is -2.13. The second-order valence-corrected chi connectivity index (χ2v) is 4.76. The first-order chi connectivity index (χ1) is 6.80. The highest BCUT2D eigenvalue weighted by atomic mass is 32.2. The molecule has 0 aromatic heterocycles. The van der Waals surface area contributed by atoms with Gasteiger partial charge in [0, 0.05) is 4.90 Å². The fourth-order valence-electron chi connectivity index (χ4n) is 1.17. The van der Waals surface area contributed by atoms with E-state index in [2.05, 4.69) is 0 Å². The molecule has 1 rings (SSSR count). The number of hydrogen-bond donors (Lipinski definition) is 0. The van der Waals surface area contributed by atoms with Gasteiger partial charge in [0.05, 0.1) is 5.56 Å². The number of benzene rings is 1. The molecule has 0 aliphatic rings. The molecule has 0 unspecified atom stereocenters. The van der Waals surface area contributed by atoms with Gasteiger partial charge in [0.2, 0.25) is 0 Å². The molecule has 0 heterocycles. The molecule has 15 heavy (non-hydrogen) atoms. The van der Waals surface area contributed by atoms with Crippen LogP contribution in [-0.4, -0.2) is 18.4 Å². The third-order valence-corrected chi connectivity index (χ3v) is 2.63. The standard InChI is InChI=1S/C10H12F3NS/c1-7-4-5-8(15-14(2)3)6-9(7)10(11,12)13/h4-6H,1-3H3. The van der Waals surface area contributed by atoms with Crippen LogP contribution in [0.4, 0.5) is 13.2 Å². The summed E-state index contributed by atoms with van der Waals surface area (Å²) in [6.07, 6.45) is -4.27. The first-order valence-electron chi connectivity index (χ1n) is 4.34. The Morgan fingerprint density at radius 2 is 1.80 bits per heavy atom. The van der Waals surface area contributed by atoms with Gasteiger partial charge < -0.3 is 0 Å². The van der Waals surface area contributed by atoms with Gasteiger partial charge in [0.15, 0.2) is 0 Å². The van der Waals surface area contributed by atoms with Crippen molar-refractivity contribution in [1.29, 1.82) is 0 Å². The van der Waals surface area contributed by atoms with Gasteiger partial charge in [-0.15, -0.1) is 0 Å². The van der Waals surface area contributed by atoms with Crippen molar-refractivity contribution in [3.63, 3.8) is 0 Å². The molecular weight excluding hydrogens is 223 g/mol. The van der Waals surface area contributed by atoms with E-state index in [1.165, 1.54) is 31.0 Å². The summed E-state index contributed by atoms with van der Waals surface area (Å²) in [4.78, 5) is 0.595. The topological polar surface area (TPSA) is 3.24 Å². The fourth-order valence-corrected chi connectivity index (χ4v) is 1.90. The number of hydrogen-bond acceptors (Lipinski definition) is 2. The smallest absolute Gasteiger partial charge is 0.253 e. The minimum atomic E-state index is -4.27. The average molecular weight is 235 g/mol. The zero-order chi connectivity index (χ0) is 11.6. The van der Waals surface area contributed by atoms with E-state index in [4.69, 9.17) is 0 Å². The Hall–Kier alpha value is -0.680. The SMILES string of the molecule is Cc1ccc(SN(C)C)cc1C(F)(F)F. The van der Waals surface area contributed by atoms with Crippen LogP contribution in [0.3, 0.4) is 0 Å². The van der Waals surface area contributed by atoms with Crippen molar-refractivity contribution in [2.24, 2.45) is 0 Å². The van der Waals surface area contributed by atoms with Crippen molar-refractivity contribution in [2.75, 3.05) is 14.1 Å². The first kappa shape index (κ1) is 12.4. The molecule has 0 saturated carbocycles. The minimum Gasteiger partial charge on any atom is -0.253 e. The monoisotopic (exact) mass is 235 g/mol. The number of aryl methyl sites for hydroxylation is 1. The van der Waals surface area contributed by atoms with Crippen LogP contribution in [0.1, 0.15) is 11.1 Å². The van der Waals surface area contributed by atoms with E-state index in [0.717, 1.165) is 0 Å². The molecule has 0 fully saturated rings. The molecule has 1 nitrogen and oxygen atoms in total. The molecule has 0 spiro atoms. The van der Waals surface area contributed by atoms with Gasteiger partial charge in [-0.2, -0.15) is 13.2 Å². The lowest BCUT2D eigenvalue weighted by molar-refractivity contribution is -0.138. The second kappa shape index (κ2) is 4.45. The molecule has 84 valence electrons. The Balaban J connectivity index is 3.06. The lowest BCUT2D eigenvalue weighted by atomic mass is 10.1. The molecule has 0 bridgehead atoms. The number of alkyl halides is 3. The third-order valence-electron chi connectivity index (χ3n) is 1.80. The number of rotatable bonds is 2. The van der Waals surface area contributed by atoms with Crippen LogP contribution in [0.5, 0.6) is 0 Å². The molecule has 0 saturated heterocycles. The molecule has 5 heteroatoms. The summed E-state index contributed by atoms with van der Waals surface area (Å²) >= 11 is 1.27. The van der Waals surface area contributed by atoms with E-state index in [1.54, 1.807) is 24.5 Å². The van der Waals surface area contributed by atoms with Crippen molar-refractivity contribution >= 4 is 11.9 Å². The van der Waals surface area contributed by atoms with Crippen LogP contribution in [0.15, 0.2) is 23.1 Å². The Morgan fingerprint density at radius 1 is 1.20 bits per heavy atom. The van der Waals surface area contributed by atoms with Gasteiger partial charge in [0.1, 0.15) is 0 Å². The normalized spacial score (nSPS) is 12.2. The van der Waals surface area contributed by atoms with E-state index in [1.807, 2.05) is 0 Å². The number of nitrogens with zero attached hydrogens (tertiary/aromatic N) is 1. The highest BCUT2D eigenvalue weighted by Crippen LogP contribution is 2.34. The molecule has 0 amide bonds. The van der Waals surface area contributed by atoms with Crippen molar-refractivity contribution in [3.05, 3.63) is 29.3 Å². The predicted octanol–water partition coefficient (Wildman–Crippen LogP) is 3.58. The summed E-state index contributed by atoms with van der Waals surface area (Å²) in [5.41, 5.74) is -0.306. The van der Waals surface area contributed by atoms with Crippen LogP contribution in [0.2, 0.25) is 0 Å².